The first kappa shape index (κ1) is 12.3. The van der Waals surface area contributed by atoms with Gasteiger partial charge in [0.1, 0.15) is 0 Å². The minimum Gasteiger partial charge on any atom is -0.311 e. The van der Waals surface area contributed by atoms with E-state index in [1.54, 1.807) is 11.3 Å². The van der Waals surface area contributed by atoms with Crippen LogP contribution in [0, 0.1) is 5.92 Å². The number of rotatable bonds is 6. The number of nitrogens with zero attached hydrogens (tertiary/aromatic N) is 2. The minimum absolute atomic E-state index is 0.683. The predicted molar refractivity (Wildman–Crippen MR) is 72.2 cm³/mol. The SMILES string of the molecule is CC(C)CNCc1ccn(Cc2ccsc2)n1. The van der Waals surface area contributed by atoms with Crippen molar-refractivity contribution in [2.24, 2.45) is 5.92 Å². The molecule has 0 atom stereocenters. The molecule has 1 N–H and O–H groups in total. The van der Waals surface area contributed by atoms with Crippen LogP contribution in [0.25, 0.3) is 0 Å². The van der Waals surface area contributed by atoms with E-state index in [9.17, 15) is 0 Å². The van der Waals surface area contributed by atoms with E-state index in [-0.39, 0.29) is 0 Å². The minimum atomic E-state index is 0.683. The first-order chi connectivity index (χ1) is 8.24. The summed E-state index contributed by atoms with van der Waals surface area (Å²) >= 11 is 1.73. The van der Waals surface area contributed by atoms with E-state index in [1.165, 1.54) is 5.56 Å². The molecule has 0 spiro atoms. The average Bonchev–Trinajstić information content (AvgIpc) is 2.90. The third-order valence-corrected chi connectivity index (χ3v) is 3.21. The smallest absolute Gasteiger partial charge is 0.0762 e. The highest BCUT2D eigenvalue weighted by Crippen LogP contribution is 2.08. The normalized spacial score (nSPS) is 11.2. The standard InChI is InChI=1S/C13H19N3S/c1-11(2)7-14-8-13-3-5-16(15-13)9-12-4-6-17-10-12/h3-6,10-11,14H,7-9H2,1-2H3. The van der Waals surface area contributed by atoms with Crippen molar-refractivity contribution in [3.8, 4) is 0 Å². The van der Waals surface area contributed by atoms with Crippen LogP contribution in [0.4, 0.5) is 0 Å². The van der Waals surface area contributed by atoms with Gasteiger partial charge in [0.25, 0.3) is 0 Å². The Bertz CT molecular complexity index is 431. The third-order valence-electron chi connectivity index (χ3n) is 2.48. The van der Waals surface area contributed by atoms with Gasteiger partial charge in [0.2, 0.25) is 0 Å². The number of aromatic nitrogens is 2. The fraction of sp³-hybridized carbons (Fsp3) is 0.462. The van der Waals surface area contributed by atoms with Gasteiger partial charge in [-0.05, 0) is 40.9 Å². The van der Waals surface area contributed by atoms with Crippen molar-refractivity contribution in [3.63, 3.8) is 0 Å². The van der Waals surface area contributed by atoms with Crippen LogP contribution >= 0.6 is 11.3 Å². The molecule has 0 aromatic carbocycles. The Morgan fingerprint density at radius 1 is 1.41 bits per heavy atom. The zero-order chi connectivity index (χ0) is 12.1. The molecule has 0 saturated heterocycles. The van der Waals surface area contributed by atoms with Gasteiger partial charge >= 0.3 is 0 Å². The maximum atomic E-state index is 4.54. The van der Waals surface area contributed by atoms with Gasteiger partial charge in [0, 0.05) is 12.7 Å². The van der Waals surface area contributed by atoms with E-state index in [2.05, 4.69) is 47.2 Å². The molecule has 0 radical (unpaired) electrons. The second-order valence-electron chi connectivity index (χ2n) is 4.66. The van der Waals surface area contributed by atoms with E-state index in [0.29, 0.717) is 5.92 Å². The highest BCUT2D eigenvalue weighted by Gasteiger charge is 2.01. The lowest BCUT2D eigenvalue weighted by Crippen LogP contribution is -2.19. The van der Waals surface area contributed by atoms with Gasteiger partial charge in [-0.1, -0.05) is 13.8 Å². The predicted octanol–water partition coefficient (Wildman–Crippen LogP) is 2.74. The largest absolute Gasteiger partial charge is 0.311 e. The van der Waals surface area contributed by atoms with Crippen LogP contribution in [0.1, 0.15) is 25.1 Å². The lowest BCUT2D eigenvalue weighted by Gasteiger charge is -2.05. The fourth-order valence-electron chi connectivity index (χ4n) is 1.64. The number of nitrogens with one attached hydrogen (secondary N) is 1. The number of thiophene rings is 1. The topological polar surface area (TPSA) is 29.9 Å². The monoisotopic (exact) mass is 249 g/mol. The Labute approximate surface area is 106 Å². The molecule has 17 heavy (non-hydrogen) atoms. The van der Waals surface area contributed by atoms with E-state index >= 15 is 0 Å². The third kappa shape index (κ3) is 3.98. The summed E-state index contributed by atoms with van der Waals surface area (Å²) in [5.74, 6) is 0.683. The molecule has 4 heteroatoms. The average molecular weight is 249 g/mol. The Kier molecular flexibility index (Phi) is 4.34. The Morgan fingerprint density at radius 2 is 2.29 bits per heavy atom. The van der Waals surface area contributed by atoms with Crippen LogP contribution in [0.3, 0.4) is 0 Å². The molecule has 0 amide bonds. The lowest BCUT2D eigenvalue weighted by atomic mass is 10.2. The van der Waals surface area contributed by atoms with Crippen molar-refractivity contribution in [1.82, 2.24) is 15.1 Å². The molecular weight excluding hydrogens is 230 g/mol. The van der Waals surface area contributed by atoms with Crippen LogP contribution in [0.2, 0.25) is 0 Å². The molecule has 92 valence electrons. The maximum Gasteiger partial charge on any atom is 0.0762 e. The number of hydrogen-bond acceptors (Lipinski definition) is 3. The van der Waals surface area contributed by atoms with Gasteiger partial charge in [0.05, 0.1) is 12.2 Å². The van der Waals surface area contributed by atoms with Gasteiger partial charge in [0.15, 0.2) is 0 Å². The van der Waals surface area contributed by atoms with Gasteiger partial charge in [-0.25, -0.2) is 0 Å². The molecule has 2 aromatic rings. The van der Waals surface area contributed by atoms with Crippen LogP contribution in [0.5, 0.6) is 0 Å². The maximum absolute atomic E-state index is 4.54. The molecule has 2 aromatic heterocycles. The molecule has 0 saturated carbocycles. The van der Waals surface area contributed by atoms with Crippen LogP contribution in [-0.2, 0) is 13.1 Å². The summed E-state index contributed by atoms with van der Waals surface area (Å²) in [6, 6.07) is 4.22. The quantitative estimate of drug-likeness (QED) is 0.853. The highest BCUT2D eigenvalue weighted by atomic mass is 32.1. The second-order valence-corrected chi connectivity index (χ2v) is 5.44. The second kappa shape index (κ2) is 5.98. The van der Waals surface area contributed by atoms with Gasteiger partial charge < -0.3 is 5.32 Å². The van der Waals surface area contributed by atoms with Crippen molar-refractivity contribution in [2.45, 2.75) is 26.9 Å². The summed E-state index contributed by atoms with van der Waals surface area (Å²) in [7, 11) is 0. The summed E-state index contributed by atoms with van der Waals surface area (Å²) in [4.78, 5) is 0. The van der Waals surface area contributed by atoms with Crippen molar-refractivity contribution in [3.05, 3.63) is 40.3 Å². The summed E-state index contributed by atoms with van der Waals surface area (Å²) < 4.78 is 1.99. The molecule has 3 nitrogen and oxygen atoms in total. The lowest BCUT2D eigenvalue weighted by molar-refractivity contribution is 0.543. The van der Waals surface area contributed by atoms with Crippen molar-refractivity contribution < 1.29 is 0 Å². The van der Waals surface area contributed by atoms with E-state index in [0.717, 1.165) is 25.3 Å². The summed E-state index contributed by atoms with van der Waals surface area (Å²) in [5, 5.41) is 12.2. The molecule has 0 aliphatic heterocycles. The first-order valence-corrected chi connectivity index (χ1v) is 6.92. The van der Waals surface area contributed by atoms with Gasteiger partial charge in [-0.15, -0.1) is 0 Å². The van der Waals surface area contributed by atoms with Crippen LogP contribution in [0.15, 0.2) is 29.1 Å². The Morgan fingerprint density at radius 3 is 3.00 bits per heavy atom. The molecule has 2 rings (SSSR count). The summed E-state index contributed by atoms with van der Waals surface area (Å²) in [6.07, 6.45) is 2.05. The van der Waals surface area contributed by atoms with E-state index < -0.39 is 0 Å². The molecule has 0 aliphatic carbocycles. The van der Waals surface area contributed by atoms with Crippen molar-refractivity contribution >= 4 is 11.3 Å². The van der Waals surface area contributed by atoms with Gasteiger partial charge in [-0.2, -0.15) is 16.4 Å². The molecule has 0 aliphatic rings. The van der Waals surface area contributed by atoms with Gasteiger partial charge in [-0.3, -0.25) is 4.68 Å². The molecular formula is C13H19N3S. The van der Waals surface area contributed by atoms with Crippen LogP contribution in [-0.4, -0.2) is 16.3 Å². The van der Waals surface area contributed by atoms with E-state index in [4.69, 9.17) is 0 Å². The fourth-order valence-corrected chi connectivity index (χ4v) is 2.30. The van der Waals surface area contributed by atoms with Crippen LogP contribution < -0.4 is 5.32 Å². The molecule has 0 unspecified atom stereocenters. The highest BCUT2D eigenvalue weighted by molar-refractivity contribution is 7.07. The number of hydrogen-bond donors (Lipinski definition) is 1. The molecule has 2 heterocycles. The summed E-state index contributed by atoms with van der Waals surface area (Å²) in [6.45, 7) is 7.18. The Hall–Kier alpha value is -1.13. The first-order valence-electron chi connectivity index (χ1n) is 5.98. The van der Waals surface area contributed by atoms with E-state index in [1.807, 2.05) is 10.9 Å². The molecule has 0 fully saturated rings. The van der Waals surface area contributed by atoms with Crippen molar-refractivity contribution in [2.75, 3.05) is 6.54 Å². The zero-order valence-electron chi connectivity index (χ0n) is 10.4. The zero-order valence-corrected chi connectivity index (χ0v) is 11.2. The van der Waals surface area contributed by atoms with Crippen molar-refractivity contribution in [1.29, 1.82) is 0 Å². The molecule has 0 bridgehead atoms. The summed E-state index contributed by atoms with van der Waals surface area (Å²) in [5.41, 5.74) is 2.43. The Balaban J connectivity index is 1.83.